The molecule has 2 fully saturated rings. The smallest absolute Gasteiger partial charge is 0.241 e. The standard InChI is InChI=1S/C13H19N5O2/c19-12(16-10-1-2-10)8-18-7-11(6-15-18)17-13(20)9-3-4-14-5-9/h6-7,9-10,14H,1-5,8H2,(H,16,19)(H,17,20). The van der Waals surface area contributed by atoms with Crippen LogP contribution in [0.15, 0.2) is 12.4 Å². The average Bonchev–Trinajstić information content (AvgIpc) is 2.93. The van der Waals surface area contributed by atoms with Crippen molar-refractivity contribution in [1.29, 1.82) is 0 Å². The molecule has 7 heteroatoms. The van der Waals surface area contributed by atoms with Gasteiger partial charge in [-0.15, -0.1) is 0 Å². The molecule has 7 nitrogen and oxygen atoms in total. The van der Waals surface area contributed by atoms with Crippen LogP contribution in [0, 0.1) is 5.92 Å². The molecule has 3 N–H and O–H groups in total. The number of anilines is 1. The SMILES string of the molecule is O=C(Cn1cc(NC(=O)C2CCNC2)cn1)NC1CC1. The third-order valence-electron chi connectivity index (χ3n) is 3.58. The van der Waals surface area contributed by atoms with Gasteiger partial charge in [0, 0.05) is 18.8 Å². The maximum absolute atomic E-state index is 11.9. The van der Waals surface area contributed by atoms with Gasteiger partial charge in [0.25, 0.3) is 0 Å². The molecule has 2 aliphatic rings. The number of aromatic nitrogens is 2. The highest BCUT2D eigenvalue weighted by atomic mass is 16.2. The van der Waals surface area contributed by atoms with Gasteiger partial charge in [-0.25, -0.2) is 0 Å². The largest absolute Gasteiger partial charge is 0.352 e. The fourth-order valence-electron chi connectivity index (χ4n) is 2.29. The lowest BCUT2D eigenvalue weighted by Crippen LogP contribution is -2.29. The van der Waals surface area contributed by atoms with E-state index in [0.29, 0.717) is 11.7 Å². The summed E-state index contributed by atoms with van der Waals surface area (Å²) < 4.78 is 1.54. The third kappa shape index (κ3) is 3.36. The lowest BCUT2D eigenvalue weighted by atomic mass is 10.1. The second-order valence-corrected chi connectivity index (χ2v) is 5.45. The first kappa shape index (κ1) is 13.1. The molecule has 0 spiro atoms. The Morgan fingerprint density at radius 2 is 2.25 bits per heavy atom. The van der Waals surface area contributed by atoms with E-state index in [0.717, 1.165) is 32.4 Å². The van der Waals surface area contributed by atoms with E-state index in [4.69, 9.17) is 0 Å². The molecular weight excluding hydrogens is 258 g/mol. The summed E-state index contributed by atoms with van der Waals surface area (Å²) in [6.45, 7) is 1.81. The van der Waals surface area contributed by atoms with Crippen molar-refractivity contribution in [2.75, 3.05) is 18.4 Å². The zero-order valence-corrected chi connectivity index (χ0v) is 11.3. The summed E-state index contributed by atoms with van der Waals surface area (Å²) in [6.07, 6.45) is 6.27. The molecule has 1 aliphatic heterocycles. The van der Waals surface area contributed by atoms with Crippen molar-refractivity contribution in [3.05, 3.63) is 12.4 Å². The fourth-order valence-corrected chi connectivity index (χ4v) is 2.29. The maximum Gasteiger partial charge on any atom is 0.241 e. The first-order chi connectivity index (χ1) is 9.70. The Morgan fingerprint density at radius 3 is 2.95 bits per heavy atom. The Labute approximate surface area is 117 Å². The van der Waals surface area contributed by atoms with E-state index in [1.54, 1.807) is 17.1 Å². The highest BCUT2D eigenvalue weighted by Gasteiger charge is 2.24. The van der Waals surface area contributed by atoms with Gasteiger partial charge in [-0.1, -0.05) is 0 Å². The van der Waals surface area contributed by atoms with Crippen molar-refractivity contribution in [1.82, 2.24) is 20.4 Å². The Bertz CT molecular complexity index is 503. The Morgan fingerprint density at radius 1 is 1.40 bits per heavy atom. The van der Waals surface area contributed by atoms with Crippen LogP contribution in [0.4, 0.5) is 5.69 Å². The number of amides is 2. The van der Waals surface area contributed by atoms with E-state index < -0.39 is 0 Å². The molecule has 2 amide bonds. The minimum atomic E-state index is -0.0338. The van der Waals surface area contributed by atoms with Crippen molar-refractivity contribution >= 4 is 17.5 Å². The molecule has 0 radical (unpaired) electrons. The van der Waals surface area contributed by atoms with E-state index in [9.17, 15) is 9.59 Å². The van der Waals surface area contributed by atoms with Gasteiger partial charge in [0.15, 0.2) is 0 Å². The lowest BCUT2D eigenvalue weighted by molar-refractivity contribution is -0.122. The summed E-state index contributed by atoms with van der Waals surface area (Å²) in [5.41, 5.74) is 0.640. The molecule has 20 heavy (non-hydrogen) atoms. The van der Waals surface area contributed by atoms with E-state index in [-0.39, 0.29) is 24.3 Å². The van der Waals surface area contributed by atoms with Gasteiger partial charge in [0.1, 0.15) is 6.54 Å². The topological polar surface area (TPSA) is 88.1 Å². The van der Waals surface area contributed by atoms with Gasteiger partial charge in [-0.3, -0.25) is 14.3 Å². The van der Waals surface area contributed by atoms with Crippen molar-refractivity contribution in [3.8, 4) is 0 Å². The highest BCUT2D eigenvalue weighted by molar-refractivity contribution is 5.92. The van der Waals surface area contributed by atoms with Crippen molar-refractivity contribution in [3.63, 3.8) is 0 Å². The quantitative estimate of drug-likeness (QED) is 0.690. The number of carbonyl (C=O) groups excluding carboxylic acids is 2. The molecule has 1 atom stereocenters. The van der Waals surface area contributed by atoms with Crippen LogP contribution in [0.5, 0.6) is 0 Å². The molecular formula is C13H19N5O2. The summed E-state index contributed by atoms with van der Waals surface area (Å²) in [6, 6.07) is 0.354. The van der Waals surface area contributed by atoms with Crippen LogP contribution in [0.25, 0.3) is 0 Å². The Balaban J connectivity index is 1.50. The zero-order chi connectivity index (χ0) is 13.9. The molecule has 3 rings (SSSR count). The number of hydrogen-bond acceptors (Lipinski definition) is 4. The molecule has 1 saturated carbocycles. The molecule has 1 aromatic heterocycles. The Hall–Kier alpha value is -1.89. The summed E-state index contributed by atoms with van der Waals surface area (Å²) >= 11 is 0. The van der Waals surface area contributed by atoms with Gasteiger partial charge in [-0.05, 0) is 25.8 Å². The maximum atomic E-state index is 11.9. The average molecular weight is 277 g/mol. The predicted octanol–water partition coefficient (Wildman–Crippen LogP) is -0.290. The van der Waals surface area contributed by atoms with Crippen LogP contribution in [-0.2, 0) is 16.1 Å². The zero-order valence-electron chi connectivity index (χ0n) is 11.3. The molecule has 0 bridgehead atoms. The van der Waals surface area contributed by atoms with Crippen LogP contribution in [0.3, 0.4) is 0 Å². The highest BCUT2D eigenvalue weighted by Crippen LogP contribution is 2.18. The van der Waals surface area contributed by atoms with E-state index in [2.05, 4.69) is 21.0 Å². The van der Waals surface area contributed by atoms with E-state index in [1.807, 2.05) is 0 Å². The first-order valence-corrected chi connectivity index (χ1v) is 7.04. The van der Waals surface area contributed by atoms with Crippen LogP contribution in [0.1, 0.15) is 19.3 Å². The summed E-state index contributed by atoms with van der Waals surface area (Å²) in [5, 5.41) is 13.0. The molecule has 1 aromatic rings. The summed E-state index contributed by atoms with van der Waals surface area (Å²) in [4.78, 5) is 23.6. The van der Waals surface area contributed by atoms with E-state index in [1.165, 1.54) is 0 Å². The van der Waals surface area contributed by atoms with Gasteiger partial charge in [0.2, 0.25) is 11.8 Å². The fraction of sp³-hybridized carbons (Fsp3) is 0.615. The van der Waals surface area contributed by atoms with Gasteiger partial charge in [0.05, 0.1) is 17.8 Å². The molecule has 1 saturated heterocycles. The summed E-state index contributed by atoms with van der Waals surface area (Å²) in [7, 11) is 0. The van der Waals surface area contributed by atoms with Crippen LogP contribution >= 0.6 is 0 Å². The normalized spacial score (nSPS) is 21.7. The van der Waals surface area contributed by atoms with Crippen molar-refractivity contribution in [2.45, 2.75) is 31.8 Å². The predicted molar refractivity (Wildman–Crippen MR) is 73.0 cm³/mol. The monoisotopic (exact) mass is 277 g/mol. The Kier molecular flexibility index (Phi) is 3.68. The minimum absolute atomic E-state index is 0.0111. The molecule has 1 unspecified atom stereocenters. The summed E-state index contributed by atoms with van der Waals surface area (Å²) in [5.74, 6) is 0.00182. The van der Waals surface area contributed by atoms with Crippen LogP contribution in [0.2, 0.25) is 0 Å². The van der Waals surface area contributed by atoms with Gasteiger partial charge >= 0.3 is 0 Å². The minimum Gasteiger partial charge on any atom is -0.352 e. The van der Waals surface area contributed by atoms with Gasteiger partial charge in [-0.2, -0.15) is 5.10 Å². The molecule has 2 heterocycles. The lowest BCUT2D eigenvalue weighted by Gasteiger charge is -2.07. The third-order valence-corrected chi connectivity index (χ3v) is 3.58. The second-order valence-electron chi connectivity index (χ2n) is 5.45. The number of carbonyl (C=O) groups is 2. The van der Waals surface area contributed by atoms with E-state index >= 15 is 0 Å². The number of nitrogens with one attached hydrogen (secondary N) is 3. The van der Waals surface area contributed by atoms with Crippen molar-refractivity contribution < 1.29 is 9.59 Å². The number of hydrogen-bond donors (Lipinski definition) is 3. The molecule has 1 aliphatic carbocycles. The van der Waals surface area contributed by atoms with Crippen LogP contribution < -0.4 is 16.0 Å². The number of rotatable bonds is 5. The first-order valence-electron chi connectivity index (χ1n) is 7.04. The second kappa shape index (κ2) is 5.62. The molecule has 108 valence electrons. The van der Waals surface area contributed by atoms with Crippen molar-refractivity contribution in [2.24, 2.45) is 5.92 Å². The van der Waals surface area contributed by atoms with Crippen LogP contribution in [-0.4, -0.2) is 40.7 Å². The molecule has 0 aromatic carbocycles. The number of nitrogens with zero attached hydrogens (tertiary/aromatic N) is 2. The van der Waals surface area contributed by atoms with Gasteiger partial charge < -0.3 is 16.0 Å².